The number of thioether (sulfide) groups is 2. The molecule has 0 aliphatic carbocycles. The molecule has 2 saturated heterocycles. The van der Waals surface area contributed by atoms with E-state index in [1.54, 1.807) is 24.4 Å². The van der Waals surface area contributed by atoms with Crippen LogP contribution in [0.4, 0.5) is 11.6 Å². The summed E-state index contributed by atoms with van der Waals surface area (Å²) in [7, 11) is -3.98. The summed E-state index contributed by atoms with van der Waals surface area (Å²) in [5.41, 5.74) is 5.64. The lowest BCUT2D eigenvalue weighted by Gasteiger charge is -2.10. The molecule has 0 bridgehead atoms. The Balaban J connectivity index is 0.000000218. The molecular formula is C23H29N6O9S3+. The van der Waals surface area contributed by atoms with E-state index in [1.807, 2.05) is 6.92 Å². The van der Waals surface area contributed by atoms with Crippen LogP contribution in [0.15, 0.2) is 63.3 Å². The maximum absolute atomic E-state index is 12.1. The maximum atomic E-state index is 12.1. The summed E-state index contributed by atoms with van der Waals surface area (Å²) in [5, 5.41) is 17.5. The zero-order chi connectivity index (χ0) is 29.6. The Morgan fingerprint density at radius 1 is 0.951 bits per heavy atom. The number of anilines is 1. The van der Waals surface area contributed by atoms with Crippen molar-refractivity contribution in [2.45, 2.75) is 33.4 Å². The van der Waals surface area contributed by atoms with E-state index < -0.39 is 21.5 Å². The van der Waals surface area contributed by atoms with Crippen molar-refractivity contribution in [3.8, 4) is 0 Å². The second-order valence-corrected chi connectivity index (χ2v) is 12.9. The molecule has 2 aromatic heterocycles. The van der Waals surface area contributed by atoms with Crippen LogP contribution in [0.2, 0.25) is 0 Å². The number of hydrogen-bond donors (Lipinski definition) is 4. The van der Waals surface area contributed by atoms with Gasteiger partial charge in [-0.05, 0) is 25.1 Å². The molecule has 5 rings (SSSR count). The molecule has 0 unspecified atom stereocenters. The van der Waals surface area contributed by atoms with Gasteiger partial charge in [0.05, 0.1) is 31.3 Å². The van der Waals surface area contributed by atoms with E-state index >= 15 is 0 Å². The monoisotopic (exact) mass is 629 g/mol. The summed E-state index contributed by atoms with van der Waals surface area (Å²) in [5.74, 6) is 0.295. The summed E-state index contributed by atoms with van der Waals surface area (Å²) in [4.78, 5) is 31.1. The van der Waals surface area contributed by atoms with Gasteiger partial charge in [0.15, 0.2) is 0 Å². The first kappa shape index (κ1) is 31.1. The van der Waals surface area contributed by atoms with Crippen LogP contribution in [0, 0.1) is 6.92 Å². The Labute approximate surface area is 242 Å². The van der Waals surface area contributed by atoms with E-state index in [2.05, 4.69) is 9.97 Å². The van der Waals surface area contributed by atoms with Gasteiger partial charge in [-0.25, -0.2) is 9.59 Å². The first-order chi connectivity index (χ1) is 19.6. The number of nitrogens with zero attached hydrogens (tertiary/aromatic N) is 4. The number of aryl methyl sites for hydroxylation is 1. The predicted octanol–water partition coefficient (Wildman–Crippen LogP) is -0.947. The van der Waals surface area contributed by atoms with Gasteiger partial charge in [-0.2, -0.15) is 13.4 Å². The number of nitrogen functional groups attached to an aromatic ring is 1. The molecule has 0 spiro atoms. The molecule has 0 amide bonds. The van der Waals surface area contributed by atoms with Crippen molar-refractivity contribution in [2.75, 3.05) is 32.2 Å². The van der Waals surface area contributed by atoms with Gasteiger partial charge in [-0.3, -0.25) is 9.13 Å². The van der Waals surface area contributed by atoms with Gasteiger partial charge in [0.1, 0.15) is 27.4 Å². The Morgan fingerprint density at radius 3 is 1.98 bits per heavy atom. The number of aliphatic hydroxyl groups is 2. The Bertz CT molecular complexity index is 1550. The first-order valence-electron chi connectivity index (χ1n) is 12.1. The highest BCUT2D eigenvalue weighted by molar-refractivity contribution is 8.00. The quantitative estimate of drug-likeness (QED) is 0.221. The predicted molar refractivity (Wildman–Crippen MR) is 149 cm³/mol. The van der Waals surface area contributed by atoms with Gasteiger partial charge in [0.2, 0.25) is 0 Å². The fraction of sp³-hybridized carbons (Fsp3) is 0.391. The molecule has 0 radical (unpaired) electrons. The van der Waals surface area contributed by atoms with Crippen LogP contribution in [0.5, 0.6) is 0 Å². The Kier molecular flexibility index (Phi) is 10.6. The van der Waals surface area contributed by atoms with Crippen LogP contribution < -0.4 is 22.6 Å². The van der Waals surface area contributed by atoms with Crippen LogP contribution in [-0.4, -0.2) is 75.0 Å². The Hall–Kier alpha value is -2.81. The van der Waals surface area contributed by atoms with Gasteiger partial charge in [0.25, 0.3) is 5.82 Å². The highest BCUT2D eigenvalue weighted by atomic mass is 32.2. The molecule has 41 heavy (non-hydrogen) atoms. The topological polar surface area (TPSA) is 215 Å². The highest BCUT2D eigenvalue weighted by Crippen LogP contribution is 2.34. The fourth-order valence-corrected chi connectivity index (χ4v) is 6.49. The van der Waals surface area contributed by atoms with E-state index in [-0.39, 0.29) is 58.0 Å². The molecule has 222 valence electrons. The van der Waals surface area contributed by atoms with Gasteiger partial charge in [-0.1, -0.05) is 22.0 Å². The molecule has 15 nitrogen and oxygen atoms in total. The summed E-state index contributed by atoms with van der Waals surface area (Å²) in [6.45, 7) is 2.32. The molecule has 2 aliphatic heterocycles. The summed E-state index contributed by atoms with van der Waals surface area (Å²) in [6.07, 6.45) is 3.08. The van der Waals surface area contributed by atoms with Crippen molar-refractivity contribution in [2.24, 2.45) is 0 Å². The minimum absolute atomic E-state index is 0.0160. The average Bonchev–Trinajstić information content (AvgIpc) is 3.63. The van der Waals surface area contributed by atoms with Crippen LogP contribution in [0.1, 0.15) is 16.3 Å². The molecule has 3 aromatic rings. The molecule has 2 aliphatic rings. The number of quaternary nitrogens is 1. The van der Waals surface area contributed by atoms with E-state index in [0.717, 1.165) is 11.0 Å². The van der Waals surface area contributed by atoms with Crippen molar-refractivity contribution in [1.82, 2.24) is 19.1 Å². The van der Waals surface area contributed by atoms with Gasteiger partial charge < -0.3 is 25.4 Å². The number of nitrogens with two attached hydrogens (primary N) is 2. The van der Waals surface area contributed by atoms with Crippen LogP contribution in [-0.2, 0) is 23.9 Å². The number of aromatic nitrogens is 4. The van der Waals surface area contributed by atoms with Crippen LogP contribution in [0.3, 0.4) is 0 Å². The number of aliphatic hydroxyl groups excluding tert-OH is 2. The number of benzene rings is 1. The lowest BCUT2D eigenvalue weighted by atomic mass is 10.2. The van der Waals surface area contributed by atoms with Crippen LogP contribution >= 0.6 is 23.5 Å². The van der Waals surface area contributed by atoms with Crippen LogP contribution in [0.25, 0.3) is 0 Å². The summed E-state index contributed by atoms with van der Waals surface area (Å²) >= 11 is 2.71. The minimum atomic E-state index is -3.98. The summed E-state index contributed by atoms with van der Waals surface area (Å²) < 4.78 is 42.5. The Morgan fingerprint density at radius 2 is 1.49 bits per heavy atom. The van der Waals surface area contributed by atoms with Crippen molar-refractivity contribution in [1.29, 1.82) is 0 Å². The normalized spacial score (nSPS) is 22.3. The van der Waals surface area contributed by atoms with E-state index in [1.165, 1.54) is 57.1 Å². The molecule has 2 fully saturated rings. The second-order valence-electron chi connectivity index (χ2n) is 8.64. The first-order valence-corrected chi connectivity index (χ1v) is 15.4. The van der Waals surface area contributed by atoms with Crippen molar-refractivity contribution >= 4 is 45.3 Å². The van der Waals surface area contributed by atoms with Gasteiger partial charge in [-0.15, -0.1) is 34.0 Å². The lowest BCUT2D eigenvalue weighted by Crippen LogP contribution is -2.78. The number of ether oxygens (including phenoxy) is 2. The zero-order valence-corrected chi connectivity index (χ0v) is 24.1. The fourth-order valence-electron chi connectivity index (χ4n) is 3.60. The van der Waals surface area contributed by atoms with E-state index in [9.17, 15) is 18.0 Å². The molecule has 18 heteroatoms. The minimum Gasteiger partial charge on any atom is -0.393 e. The third-order valence-electron chi connectivity index (χ3n) is 5.69. The number of hydrogen-bond acceptors (Lipinski definition) is 14. The standard InChI is InChI=1S/C15H17N3O6S2.C8H11N3O3S/c1-10-2-4-11(5-3-10)26(21,22)24-17-12-6-7-18(15(20)16-12)13-9-23-14(8-19)25-13;9-5-1-2-11(8(13)10-5)6-4-14-7(3-12)15-6/h2-7,13-14,19H,8-9H2,1H3,(H,16,17,20);1-2,6-7,12H,3-4H2,(H2,9,10,13)/p+1/t13-,14-;6-,7-/m11/s1. The average molecular weight is 630 g/mol. The van der Waals surface area contributed by atoms with Gasteiger partial charge >= 0.3 is 21.5 Å². The zero-order valence-electron chi connectivity index (χ0n) is 21.7. The third-order valence-corrected chi connectivity index (χ3v) is 9.43. The second kappa shape index (κ2) is 13.9. The molecule has 0 saturated carbocycles. The maximum Gasteiger partial charge on any atom is 0.353 e. The van der Waals surface area contributed by atoms with Crippen molar-refractivity contribution in [3.05, 3.63) is 75.3 Å². The smallest absolute Gasteiger partial charge is 0.353 e. The highest BCUT2D eigenvalue weighted by Gasteiger charge is 2.29. The molecule has 4 heterocycles. The molecule has 4 atom stereocenters. The number of rotatable bonds is 8. The summed E-state index contributed by atoms with van der Waals surface area (Å²) in [6, 6.07) is 9.25. The van der Waals surface area contributed by atoms with Gasteiger partial charge in [0, 0.05) is 18.5 Å². The third kappa shape index (κ3) is 8.15. The van der Waals surface area contributed by atoms with Crippen molar-refractivity contribution in [3.63, 3.8) is 0 Å². The van der Waals surface area contributed by atoms with Crippen molar-refractivity contribution < 1.29 is 37.9 Å². The molecule has 6 N–H and O–H groups in total. The molecule has 1 aromatic carbocycles. The largest absolute Gasteiger partial charge is 0.393 e. The SMILES string of the molecule is Cc1ccc(S(=O)(=O)O[NH2+]c2ccn([C@H]3CO[C@@H](CO)S3)c(=O)n2)cc1.Nc1ccn([C@H]2CO[C@@H](CO)S2)c(=O)n1. The van der Waals surface area contributed by atoms with E-state index in [4.69, 9.17) is 29.7 Å². The lowest BCUT2D eigenvalue weighted by molar-refractivity contribution is -0.797. The molecular weight excluding hydrogens is 600 g/mol. The van der Waals surface area contributed by atoms with E-state index in [0.29, 0.717) is 6.61 Å².